The maximum Gasteiger partial charge on any atom is 0.168 e. The van der Waals surface area contributed by atoms with Crippen molar-refractivity contribution >= 4 is 5.78 Å². The van der Waals surface area contributed by atoms with Gasteiger partial charge in [-0.05, 0) is 26.7 Å². The molecule has 0 aromatic heterocycles. The zero-order valence-corrected chi connectivity index (χ0v) is 10.2. The summed E-state index contributed by atoms with van der Waals surface area (Å²) in [6.07, 6.45) is 1.83. The molecule has 1 rings (SSSR count). The van der Waals surface area contributed by atoms with Gasteiger partial charge in [0.2, 0.25) is 0 Å². The molecular weight excluding hydrogens is 192 g/mol. The van der Waals surface area contributed by atoms with Crippen LogP contribution in [0.15, 0.2) is 0 Å². The van der Waals surface area contributed by atoms with E-state index in [1.54, 1.807) is 6.92 Å². The summed E-state index contributed by atoms with van der Waals surface area (Å²) in [7, 11) is 0. The third-order valence-electron chi connectivity index (χ3n) is 3.47. The molecule has 0 spiro atoms. The van der Waals surface area contributed by atoms with Crippen molar-refractivity contribution in [3.8, 4) is 0 Å². The lowest BCUT2D eigenvalue weighted by Crippen LogP contribution is -2.34. The van der Waals surface area contributed by atoms with E-state index in [1.807, 2.05) is 13.8 Å². The summed E-state index contributed by atoms with van der Waals surface area (Å²) in [6.45, 7) is 9.07. The predicted molar refractivity (Wildman–Crippen MR) is 58.6 cm³/mol. The second-order valence-corrected chi connectivity index (χ2v) is 4.70. The Balaban J connectivity index is 2.28. The largest absolute Gasteiger partial charge is 0.350 e. The highest BCUT2D eigenvalue weighted by Crippen LogP contribution is 2.32. The first-order valence-electron chi connectivity index (χ1n) is 5.74. The lowest BCUT2D eigenvalue weighted by Gasteiger charge is -2.28. The first-order valence-corrected chi connectivity index (χ1v) is 5.74. The third-order valence-corrected chi connectivity index (χ3v) is 3.47. The fraction of sp³-hybridized carbons (Fsp3) is 0.917. The Kier molecular flexibility index (Phi) is 4.29. The Morgan fingerprint density at radius 3 is 2.80 bits per heavy atom. The SMILES string of the molecule is CC(=O)[C@@H](C)CCO[C@]1(C)OCC[C@@H]1C. The van der Waals surface area contributed by atoms with Crippen LogP contribution in [0.3, 0.4) is 0 Å². The molecule has 1 saturated heterocycles. The monoisotopic (exact) mass is 214 g/mol. The second-order valence-electron chi connectivity index (χ2n) is 4.70. The van der Waals surface area contributed by atoms with Crippen LogP contribution in [0.5, 0.6) is 0 Å². The van der Waals surface area contributed by atoms with Gasteiger partial charge >= 0.3 is 0 Å². The topological polar surface area (TPSA) is 35.5 Å². The predicted octanol–water partition coefficient (Wildman–Crippen LogP) is 2.39. The average Bonchev–Trinajstić information content (AvgIpc) is 2.47. The highest BCUT2D eigenvalue weighted by molar-refractivity contribution is 5.77. The Morgan fingerprint density at radius 2 is 2.33 bits per heavy atom. The van der Waals surface area contributed by atoms with E-state index in [4.69, 9.17) is 9.47 Å². The van der Waals surface area contributed by atoms with Crippen LogP contribution >= 0.6 is 0 Å². The fourth-order valence-corrected chi connectivity index (χ4v) is 1.67. The molecule has 0 aliphatic carbocycles. The number of Topliss-reactive ketones (excluding diaryl/α,β-unsaturated/α-hetero) is 1. The zero-order chi connectivity index (χ0) is 11.5. The van der Waals surface area contributed by atoms with Gasteiger partial charge in [0.1, 0.15) is 5.78 Å². The van der Waals surface area contributed by atoms with E-state index < -0.39 is 5.79 Å². The molecule has 3 heteroatoms. The van der Waals surface area contributed by atoms with Crippen molar-refractivity contribution in [3.05, 3.63) is 0 Å². The van der Waals surface area contributed by atoms with Gasteiger partial charge in [0.05, 0.1) is 13.2 Å². The van der Waals surface area contributed by atoms with Gasteiger partial charge in [-0.25, -0.2) is 0 Å². The summed E-state index contributed by atoms with van der Waals surface area (Å²) in [5, 5.41) is 0. The Morgan fingerprint density at radius 1 is 1.67 bits per heavy atom. The first-order chi connectivity index (χ1) is 6.96. The van der Waals surface area contributed by atoms with E-state index in [0.29, 0.717) is 12.5 Å². The summed E-state index contributed by atoms with van der Waals surface area (Å²) >= 11 is 0. The molecule has 0 radical (unpaired) electrons. The maximum absolute atomic E-state index is 11.0. The molecule has 0 aromatic carbocycles. The number of hydrogen-bond donors (Lipinski definition) is 0. The summed E-state index contributed by atoms with van der Waals surface area (Å²) in [6, 6.07) is 0. The molecule has 0 unspecified atom stereocenters. The average molecular weight is 214 g/mol. The second kappa shape index (κ2) is 5.08. The number of ether oxygens (including phenoxy) is 2. The highest BCUT2D eigenvalue weighted by atomic mass is 16.7. The van der Waals surface area contributed by atoms with Crippen molar-refractivity contribution < 1.29 is 14.3 Å². The summed E-state index contributed by atoms with van der Waals surface area (Å²) < 4.78 is 11.3. The summed E-state index contributed by atoms with van der Waals surface area (Å²) in [5.74, 6) is 0.316. The molecule has 3 atom stereocenters. The van der Waals surface area contributed by atoms with Gasteiger partial charge in [0.15, 0.2) is 5.79 Å². The zero-order valence-electron chi connectivity index (χ0n) is 10.2. The lowest BCUT2D eigenvalue weighted by molar-refractivity contribution is -0.217. The standard InChI is InChI=1S/C12H22O3/c1-9(11(3)13)5-7-14-12(4)10(2)6-8-15-12/h9-10H,5-8H2,1-4H3/t9-,10-,12+/m0/s1. The van der Waals surface area contributed by atoms with Gasteiger partial charge in [-0.3, -0.25) is 4.79 Å². The Hall–Kier alpha value is -0.410. The molecule has 15 heavy (non-hydrogen) atoms. The smallest absolute Gasteiger partial charge is 0.168 e. The van der Waals surface area contributed by atoms with Crippen LogP contribution in [0, 0.1) is 11.8 Å². The number of carbonyl (C=O) groups is 1. The number of ketones is 1. The van der Waals surface area contributed by atoms with Gasteiger partial charge in [0, 0.05) is 11.8 Å². The first kappa shape index (κ1) is 12.7. The van der Waals surface area contributed by atoms with Crippen LogP contribution in [-0.4, -0.2) is 24.8 Å². The molecule has 1 aliphatic rings. The highest BCUT2D eigenvalue weighted by Gasteiger charge is 2.38. The number of carbonyl (C=O) groups excluding carboxylic acids is 1. The van der Waals surface area contributed by atoms with Crippen molar-refractivity contribution in [3.63, 3.8) is 0 Å². The van der Waals surface area contributed by atoms with Crippen molar-refractivity contribution in [2.45, 2.75) is 46.3 Å². The van der Waals surface area contributed by atoms with Crippen molar-refractivity contribution in [2.24, 2.45) is 11.8 Å². The van der Waals surface area contributed by atoms with E-state index in [9.17, 15) is 4.79 Å². The van der Waals surface area contributed by atoms with Crippen LogP contribution in [0.1, 0.15) is 40.5 Å². The van der Waals surface area contributed by atoms with E-state index in [-0.39, 0.29) is 11.7 Å². The van der Waals surface area contributed by atoms with E-state index >= 15 is 0 Å². The molecule has 1 heterocycles. The van der Waals surface area contributed by atoms with Gasteiger partial charge in [-0.15, -0.1) is 0 Å². The van der Waals surface area contributed by atoms with Crippen LogP contribution < -0.4 is 0 Å². The summed E-state index contributed by atoms with van der Waals surface area (Å²) in [5.41, 5.74) is 0. The minimum absolute atomic E-state index is 0.0882. The quantitative estimate of drug-likeness (QED) is 0.705. The maximum atomic E-state index is 11.0. The molecule has 88 valence electrons. The van der Waals surface area contributed by atoms with Crippen molar-refractivity contribution in [1.82, 2.24) is 0 Å². The molecule has 0 bridgehead atoms. The molecule has 0 N–H and O–H groups in total. The molecule has 0 aromatic rings. The number of rotatable bonds is 5. The van der Waals surface area contributed by atoms with E-state index in [2.05, 4.69) is 6.92 Å². The van der Waals surface area contributed by atoms with Crippen LogP contribution in [0.25, 0.3) is 0 Å². The van der Waals surface area contributed by atoms with Crippen molar-refractivity contribution in [1.29, 1.82) is 0 Å². The molecule has 0 amide bonds. The van der Waals surface area contributed by atoms with Crippen LogP contribution in [0.4, 0.5) is 0 Å². The van der Waals surface area contributed by atoms with Gasteiger partial charge < -0.3 is 9.47 Å². The normalized spacial score (nSPS) is 32.9. The van der Waals surface area contributed by atoms with Crippen LogP contribution in [0.2, 0.25) is 0 Å². The van der Waals surface area contributed by atoms with Gasteiger partial charge in [0.25, 0.3) is 0 Å². The summed E-state index contributed by atoms with van der Waals surface area (Å²) in [4.78, 5) is 11.0. The lowest BCUT2D eigenvalue weighted by atomic mass is 10.0. The third kappa shape index (κ3) is 3.28. The fourth-order valence-electron chi connectivity index (χ4n) is 1.67. The molecule has 0 saturated carbocycles. The Bertz CT molecular complexity index is 227. The minimum atomic E-state index is -0.434. The number of hydrogen-bond acceptors (Lipinski definition) is 3. The van der Waals surface area contributed by atoms with Gasteiger partial charge in [-0.1, -0.05) is 13.8 Å². The molecule has 3 nitrogen and oxygen atoms in total. The molecule has 1 aliphatic heterocycles. The molecular formula is C12H22O3. The van der Waals surface area contributed by atoms with E-state index in [0.717, 1.165) is 19.4 Å². The minimum Gasteiger partial charge on any atom is -0.350 e. The molecule has 1 fully saturated rings. The van der Waals surface area contributed by atoms with Crippen molar-refractivity contribution in [2.75, 3.05) is 13.2 Å². The van der Waals surface area contributed by atoms with Gasteiger partial charge in [-0.2, -0.15) is 0 Å². The van der Waals surface area contributed by atoms with Crippen LogP contribution in [-0.2, 0) is 14.3 Å². The Labute approximate surface area is 92.1 Å². The van der Waals surface area contributed by atoms with E-state index in [1.165, 1.54) is 0 Å².